The van der Waals surface area contributed by atoms with Crippen LogP contribution in [0, 0.1) is 6.07 Å². The van der Waals surface area contributed by atoms with Gasteiger partial charge in [0.05, 0.1) is 6.29 Å². The molecule has 0 aliphatic rings. The van der Waals surface area contributed by atoms with E-state index in [0.717, 1.165) is 10.6 Å². The molecular formula is C16H11NO2PtS. The Morgan fingerprint density at radius 1 is 1.14 bits per heavy atom. The zero-order valence-electron chi connectivity index (χ0n) is 10.8. The van der Waals surface area contributed by atoms with Gasteiger partial charge in [0.15, 0.2) is 0 Å². The Morgan fingerprint density at radius 2 is 1.90 bits per heavy atom. The third-order valence-corrected chi connectivity index (χ3v) is 3.21. The van der Waals surface area contributed by atoms with E-state index in [0.29, 0.717) is 0 Å². The zero-order chi connectivity index (χ0) is 14.2. The van der Waals surface area contributed by atoms with Crippen LogP contribution in [0.2, 0.25) is 0 Å². The Morgan fingerprint density at radius 3 is 2.43 bits per heavy atom. The average molecular weight is 476 g/mol. The first-order chi connectivity index (χ1) is 9.81. The van der Waals surface area contributed by atoms with Crippen LogP contribution in [0.25, 0.3) is 10.6 Å². The maximum Gasteiger partial charge on any atom is 2.00 e. The fourth-order valence-electron chi connectivity index (χ4n) is 1.44. The van der Waals surface area contributed by atoms with Gasteiger partial charge in [-0.05, 0) is 11.8 Å². The van der Waals surface area contributed by atoms with E-state index in [2.05, 4.69) is 11.1 Å². The number of benzene rings is 1. The van der Waals surface area contributed by atoms with Crippen molar-refractivity contribution in [2.45, 2.75) is 0 Å². The van der Waals surface area contributed by atoms with Gasteiger partial charge in [-0.3, -0.25) is 0 Å². The molecule has 2 heterocycles. The first kappa shape index (κ1) is 17.3. The molecule has 3 rings (SSSR count). The number of hydrogen-bond donors (Lipinski definition) is 1. The molecule has 0 amide bonds. The number of aromatic nitrogens is 1. The van der Waals surface area contributed by atoms with Gasteiger partial charge >= 0.3 is 21.1 Å². The Kier molecular flexibility index (Phi) is 7.58. The van der Waals surface area contributed by atoms with Crippen LogP contribution >= 0.6 is 11.3 Å². The van der Waals surface area contributed by atoms with Crippen molar-refractivity contribution in [1.29, 1.82) is 0 Å². The first-order valence-corrected chi connectivity index (χ1v) is 6.72. The van der Waals surface area contributed by atoms with Crippen LogP contribution in [0.15, 0.2) is 60.1 Å². The number of para-hydroxylation sites is 1. The van der Waals surface area contributed by atoms with Crippen LogP contribution in [0.5, 0.6) is 5.75 Å². The van der Waals surface area contributed by atoms with Gasteiger partial charge in [-0.25, -0.2) is 11.3 Å². The molecule has 0 bridgehead atoms. The van der Waals surface area contributed by atoms with E-state index in [1.807, 2.05) is 29.6 Å². The summed E-state index contributed by atoms with van der Waals surface area (Å²) >= 11 is 1.66. The predicted octanol–water partition coefficient (Wildman–Crippen LogP) is 3.46. The quantitative estimate of drug-likeness (QED) is 0.577. The molecule has 21 heavy (non-hydrogen) atoms. The summed E-state index contributed by atoms with van der Waals surface area (Å²) in [6.45, 7) is 0. The molecular weight excluding hydrogens is 465 g/mol. The summed E-state index contributed by atoms with van der Waals surface area (Å²) in [7, 11) is 0. The molecule has 0 saturated heterocycles. The summed E-state index contributed by atoms with van der Waals surface area (Å²) in [5, 5.41) is 10.9. The van der Waals surface area contributed by atoms with Crippen LogP contribution in [0.1, 0.15) is 5.56 Å². The molecule has 1 aromatic carbocycles. The minimum Gasteiger partial charge on any atom is -0.565 e. The monoisotopic (exact) mass is 476 g/mol. The number of rotatable bonds is 2. The van der Waals surface area contributed by atoms with E-state index < -0.39 is 0 Å². The van der Waals surface area contributed by atoms with Gasteiger partial charge < -0.3 is 14.9 Å². The molecule has 3 aromatic rings. The van der Waals surface area contributed by atoms with Crippen LogP contribution in [-0.2, 0) is 25.9 Å². The Hall–Kier alpha value is -1.77. The summed E-state index contributed by atoms with van der Waals surface area (Å²) in [6, 6.07) is 17.2. The molecule has 0 saturated carbocycles. The topological polar surface area (TPSA) is 50.2 Å². The molecule has 3 nitrogen and oxygen atoms in total. The molecule has 2 aromatic heterocycles. The van der Waals surface area contributed by atoms with Crippen molar-refractivity contribution in [3.63, 3.8) is 0 Å². The maximum absolute atomic E-state index is 9.94. The average Bonchev–Trinajstić information content (AvgIpc) is 3.04. The molecule has 5 heteroatoms. The standard InChI is InChI=1S/C9H6NS.C7H5O2.Pt/c1-2-6-10-8(4-1)9-5-3-7-11-9;8-5-6-3-1-2-4-7(6)9;/h1-4,6-7H;1-4,9H;/q2*-1;+2. The van der Waals surface area contributed by atoms with E-state index >= 15 is 0 Å². The second-order valence-corrected chi connectivity index (χ2v) is 4.64. The van der Waals surface area contributed by atoms with Gasteiger partial charge in [0.25, 0.3) is 0 Å². The number of thiophene rings is 1. The molecule has 1 N–H and O–H groups in total. The van der Waals surface area contributed by atoms with Gasteiger partial charge in [0, 0.05) is 11.9 Å². The van der Waals surface area contributed by atoms with Gasteiger partial charge in [-0.2, -0.15) is 18.2 Å². The van der Waals surface area contributed by atoms with Crippen molar-refractivity contribution < 1.29 is 31.0 Å². The molecule has 0 fully saturated rings. The second-order valence-electron chi connectivity index (χ2n) is 3.73. The maximum atomic E-state index is 9.94. The Bertz CT molecular complexity index is 657. The molecule has 0 aliphatic carbocycles. The third kappa shape index (κ3) is 5.25. The number of hydrogen-bond acceptors (Lipinski definition) is 4. The molecule has 0 spiro atoms. The normalized spacial score (nSPS) is 8.95. The molecule has 0 unspecified atom stereocenters. The fourth-order valence-corrected chi connectivity index (χ4v) is 2.09. The first-order valence-electron chi connectivity index (χ1n) is 5.84. The van der Waals surface area contributed by atoms with Crippen molar-refractivity contribution in [3.8, 4) is 16.3 Å². The van der Waals surface area contributed by atoms with Crippen molar-refractivity contribution in [1.82, 2.24) is 4.98 Å². The molecule has 0 aliphatic heterocycles. The molecule has 0 radical (unpaired) electrons. The van der Waals surface area contributed by atoms with Crippen molar-refractivity contribution in [2.24, 2.45) is 0 Å². The van der Waals surface area contributed by atoms with E-state index in [-0.39, 0.29) is 32.4 Å². The smallest absolute Gasteiger partial charge is 0.565 e. The molecule has 108 valence electrons. The minimum absolute atomic E-state index is 0. The van der Waals surface area contributed by atoms with E-state index in [1.165, 1.54) is 12.1 Å². The van der Waals surface area contributed by atoms with Crippen LogP contribution < -0.4 is 0 Å². The van der Waals surface area contributed by atoms with Gasteiger partial charge in [0.2, 0.25) is 0 Å². The van der Waals surface area contributed by atoms with E-state index in [9.17, 15) is 4.79 Å². The van der Waals surface area contributed by atoms with E-state index in [4.69, 9.17) is 5.11 Å². The number of pyridine rings is 1. The predicted molar refractivity (Wildman–Crippen MR) is 79.3 cm³/mol. The number of phenolic OH excluding ortho intramolecular Hbond substituents is 1. The summed E-state index contributed by atoms with van der Waals surface area (Å²) in [5.74, 6) is -0.0208. The van der Waals surface area contributed by atoms with Gasteiger partial charge in [0.1, 0.15) is 0 Å². The van der Waals surface area contributed by atoms with E-state index in [1.54, 1.807) is 36.0 Å². The van der Waals surface area contributed by atoms with Crippen LogP contribution in [0.4, 0.5) is 0 Å². The fraction of sp³-hybridized carbons (Fsp3) is 0. The zero-order valence-corrected chi connectivity index (χ0v) is 13.9. The van der Waals surface area contributed by atoms with Crippen LogP contribution in [-0.4, -0.2) is 16.4 Å². The summed E-state index contributed by atoms with van der Waals surface area (Å²) in [4.78, 5) is 15.2. The minimum atomic E-state index is -0.0208. The number of nitrogens with zero attached hydrogens (tertiary/aromatic N) is 1. The largest absolute Gasteiger partial charge is 2.00 e. The van der Waals surface area contributed by atoms with Crippen molar-refractivity contribution in [3.05, 3.63) is 71.7 Å². The van der Waals surface area contributed by atoms with Crippen molar-refractivity contribution >= 4 is 17.6 Å². The summed E-state index contributed by atoms with van der Waals surface area (Å²) < 4.78 is 0. The van der Waals surface area contributed by atoms with Gasteiger partial charge in [-0.1, -0.05) is 29.1 Å². The number of aromatic hydroxyl groups is 1. The Balaban J connectivity index is 0.000000205. The summed E-state index contributed by atoms with van der Waals surface area (Å²) in [6.07, 6.45) is 3.39. The van der Waals surface area contributed by atoms with Crippen molar-refractivity contribution in [2.75, 3.05) is 0 Å². The van der Waals surface area contributed by atoms with Gasteiger partial charge in [-0.15, -0.1) is 17.0 Å². The molecule has 0 atom stereocenters. The third-order valence-electron chi connectivity index (χ3n) is 2.38. The number of carbonyl (C=O) groups excluding carboxylic acids is 1. The number of phenols is 1. The summed E-state index contributed by atoms with van der Waals surface area (Å²) in [5.41, 5.74) is 1.21. The second kappa shape index (κ2) is 9.22. The SMILES string of the molecule is O=[C-]c1ccccc1O.[Pt+2].[c-]1ccsc1-c1ccccn1. The van der Waals surface area contributed by atoms with Crippen LogP contribution in [0.3, 0.4) is 0 Å². The Labute approximate surface area is 141 Å².